The van der Waals surface area contributed by atoms with Crippen LogP contribution in [0.4, 0.5) is 8.78 Å². The molecular weight excluding hydrogens is 228 g/mol. The molecule has 5 heteroatoms. The first-order chi connectivity index (χ1) is 8.08. The number of hydrogen-bond donors (Lipinski definition) is 3. The highest BCUT2D eigenvalue weighted by molar-refractivity contribution is 5.22. The van der Waals surface area contributed by atoms with E-state index in [1.807, 2.05) is 0 Å². The van der Waals surface area contributed by atoms with E-state index in [1.165, 1.54) is 6.07 Å². The lowest BCUT2D eigenvalue weighted by Gasteiger charge is -2.32. The normalized spacial score (nSPS) is 25.4. The van der Waals surface area contributed by atoms with E-state index in [2.05, 4.69) is 5.32 Å². The summed E-state index contributed by atoms with van der Waals surface area (Å²) in [5.74, 6) is -1.49. The minimum absolute atomic E-state index is 0.0786. The Kier molecular flexibility index (Phi) is 3.71. The van der Waals surface area contributed by atoms with E-state index in [9.17, 15) is 13.9 Å². The quantitative estimate of drug-likeness (QED) is 0.742. The zero-order chi connectivity index (χ0) is 12.4. The van der Waals surface area contributed by atoms with Crippen LogP contribution in [0.2, 0.25) is 0 Å². The fourth-order valence-corrected chi connectivity index (χ4v) is 1.96. The van der Waals surface area contributed by atoms with Crippen LogP contribution in [0, 0.1) is 11.6 Å². The third-order valence-corrected chi connectivity index (χ3v) is 3.05. The van der Waals surface area contributed by atoms with Gasteiger partial charge in [0.15, 0.2) is 0 Å². The third-order valence-electron chi connectivity index (χ3n) is 3.05. The van der Waals surface area contributed by atoms with E-state index in [0.717, 1.165) is 12.1 Å². The minimum atomic E-state index is -1.21. The fraction of sp³-hybridized carbons (Fsp3) is 0.500. The molecule has 1 unspecified atom stereocenters. The molecule has 3 nitrogen and oxygen atoms in total. The fourth-order valence-electron chi connectivity index (χ4n) is 1.96. The summed E-state index contributed by atoms with van der Waals surface area (Å²) in [6, 6.07) is 3.62. The summed E-state index contributed by atoms with van der Waals surface area (Å²) in [5, 5.41) is 21.7. The van der Waals surface area contributed by atoms with Gasteiger partial charge in [-0.05, 0) is 25.0 Å². The first kappa shape index (κ1) is 12.4. The molecule has 1 atom stereocenters. The molecular formula is C12H15F2NO2. The maximum Gasteiger partial charge on any atom is 0.131 e. The molecule has 2 rings (SSSR count). The van der Waals surface area contributed by atoms with Crippen molar-refractivity contribution in [3.8, 4) is 0 Å². The van der Waals surface area contributed by atoms with Gasteiger partial charge in [0.1, 0.15) is 11.6 Å². The Morgan fingerprint density at radius 2 is 1.88 bits per heavy atom. The first-order valence-electron chi connectivity index (χ1n) is 5.61. The molecule has 94 valence electrons. The SMILES string of the molecule is OC1CC(NCC(O)c2c(F)cccc2F)C1. The van der Waals surface area contributed by atoms with Gasteiger partial charge >= 0.3 is 0 Å². The van der Waals surface area contributed by atoms with Crippen LogP contribution in [0.3, 0.4) is 0 Å². The van der Waals surface area contributed by atoms with Gasteiger partial charge in [0.2, 0.25) is 0 Å². The lowest BCUT2D eigenvalue weighted by Crippen LogP contribution is -2.45. The number of nitrogens with one attached hydrogen (secondary N) is 1. The van der Waals surface area contributed by atoms with Crippen molar-refractivity contribution in [1.82, 2.24) is 5.32 Å². The van der Waals surface area contributed by atoms with E-state index >= 15 is 0 Å². The van der Waals surface area contributed by atoms with E-state index in [1.54, 1.807) is 0 Å². The molecule has 1 aliphatic carbocycles. The molecule has 1 fully saturated rings. The van der Waals surface area contributed by atoms with Crippen molar-refractivity contribution in [3.05, 3.63) is 35.4 Å². The predicted molar refractivity (Wildman–Crippen MR) is 58.3 cm³/mol. The van der Waals surface area contributed by atoms with Gasteiger partial charge in [-0.3, -0.25) is 0 Å². The predicted octanol–water partition coefficient (Wildman–Crippen LogP) is 1.11. The first-order valence-corrected chi connectivity index (χ1v) is 5.61. The van der Waals surface area contributed by atoms with Crippen LogP contribution >= 0.6 is 0 Å². The molecule has 0 saturated heterocycles. The van der Waals surface area contributed by atoms with Crippen LogP contribution < -0.4 is 5.32 Å². The zero-order valence-electron chi connectivity index (χ0n) is 9.24. The van der Waals surface area contributed by atoms with Gasteiger partial charge < -0.3 is 15.5 Å². The number of aliphatic hydroxyl groups is 2. The molecule has 3 N–H and O–H groups in total. The second-order valence-electron chi connectivity index (χ2n) is 4.38. The molecule has 0 spiro atoms. The van der Waals surface area contributed by atoms with Crippen molar-refractivity contribution >= 4 is 0 Å². The molecule has 0 bridgehead atoms. The summed E-state index contributed by atoms with van der Waals surface area (Å²) >= 11 is 0. The number of aliphatic hydroxyl groups excluding tert-OH is 2. The van der Waals surface area contributed by atoms with E-state index in [4.69, 9.17) is 5.11 Å². The largest absolute Gasteiger partial charge is 0.393 e. The van der Waals surface area contributed by atoms with Crippen LogP contribution in [-0.2, 0) is 0 Å². The summed E-state index contributed by atoms with van der Waals surface area (Å²) in [5.41, 5.74) is -0.306. The van der Waals surface area contributed by atoms with Gasteiger partial charge in [0.25, 0.3) is 0 Å². The number of benzene rings is 1. The van der Waals surface area contributed by atoms with Gasteiger partial charge in [0.05, 0.1) is 17.8 Å². The van der Waals surface area contributed by atoms with Crippen molar-refractivity contribution in [2.45, 2.75) is 31.1 Å². The Morgan fingerprint density at radius 3 is 2.41 bits per heavy atom. The summed E-state index contributed by atoms with van der Waals surface area (Å²) in [6.45, 7) is 0.0786. The second kappa shape index (κ2) is 5.08. The lowest BCUT2D eigenvalue weighted by molar-refractivity contribution is 0.0544. The van der Waals surface area contributed by atoms with Crippen LogP contribution in [0.5, 0.6) is 0 Å². The molecule has 1 aliphatic rings. The molecule has 1 aromatic rings. The number of rotatable bonds is 4. The molecule has 0 aliphatic heterocycles. The minimum Gasteiger partial charge on any atom is -0.393 e. The summed E-state index contributed by atoms with van der Waals surface area (Å²) in [7, 11) is 0. The Hall–Kier alpha value is -1.04. The average Bonchev–Trinajstić information content (AvgIpc) is 2.22. The molecule has 1 aromatic carbocycles. The Balaban J connectivity index is 1.92. The van der Waals surface area contributed by atoms with E-state index in [-0.39, 0.29) is 24.3 Å². The standard InChI is InChI=1S/C12H15F2NO2/c13-9-2-1-3-10(14)12(9)11(17)6-15-7-4-8(16)5-7/h1-3,7-8,11,15-17H,4-6H2. The topological polar surface area (TPSA) is 52.5 Å². The molecule has 1 saturated carbocycles. The highest BCUT2D eigenvalue weighted by atomic mass is 19.1. The Labute approximate surface area is 98.1 Å². The molecule has 0 radical (unpaired) electrons. The molecule has 17 heavy (non-hydrogen) atoms. The zero-order valence-corrected chi connectivity index (χ0v) is 9.24. The van der Waals surface area contributed by atoms with Crippen LogP contribution in [-0.4, -0.2) is 28.9 Å². The summed E-state index contributed by atoms with van der Waals surface area (Å²) in [6.07, 6.45) is -0.275. The van der Waals surface area contributed by atoms with Gasteiger partial charge in [-0.2, -0.15) is 0 Å². The summed E-state index contributed by atoms with van der Waals surface area (Å²) < 4.78 is 26.6. The second-order valence-corrected chi connectivity index (χ2v) is 4.38. The highest BCUT2D eigenvalue weighted by Gasteiger charge is 2.27. The maximum absolute atomic E-state index is 13.3. The molecule has 0 aromatic heterocycles. The monoisotopic (exact) mass is 243 g/mol. The Bertz CT molecular complexity index is 374. The van der Waals surface area contributed by atoms with Gasteiger partial charge in [-0.1, -0.05) is 6.07 Å². The highest BCUT2D eigenvalue weighted by Crippen LogP contribution is 2.23. The summed E-state index contributed by atoms with van der Waals surface area (Å²) in [4.78, 5) is 0. The van der Waals surface area contributed by atoms with Gasteiger partial charge in [0, 0.05) is 12.6 Å². The van der Waals surface area contributed by atoms with Crippen molar-refractivity contribution in [2.75, 3.05) is 6.54 Å². The molecule has 0 heterocycles. The van der Waals surface area contributed by atoms with E-state index in [0.29, 0.717) is 12.8 Å². The lowest BCUT2D eigenvalue weighted by atomic mass is 9.89. The van der Waals surface area contributed by atoms with Crippen molar-refractivity contribution < 1.29 is 19.0 Å². The van der Waals surface area contributed by atoms with Gasteiger partial charge in [-0.25, -0.2) is 8.78 Å². The van der Waals surface area contributed by atoms with Crippen LogP contribution in [0.15, 0.2) is 18.2 Å². The number of halogens is 2. The average molecular weight is 243 g/mol. The maximum atomic E-state index is 13.3. The smallest absolute Gasteiger partial charge is 0.131 e. The van der Waals surface area contributed by atoms with Gasteiger partial charge in [-0.15, -0.1) is 0 Å². The van der Waals surface area contributed by atoms with Crippen LogP contribution in [0.1, 0.15) is 24.5 Å². The van der Waals surface area contributed by atoms with Crippen LogP contribution in [0.25, 0.3) is 0 Å². The third kappa shape index (κ3) is 2.80. The molecule has 0 amide bonds. The van der Waals surface area contributed by atoms with Crippen molar-refractivity contribution in [1.29, 1.82) is 0 Å². The number of hydrogen-bond acceptors (Lipinski definition) is 3. The van der Waals surface area contributed by atoms with Crippen molar-refractivity contribution in [2.24, 2.45) is 0 Å². The van der Waals surface area contributed by atoms with Crippen molar-refractivity contribution in [3.63, 3.8) is 0 Å². The van der Waals surface area contributed by atoms with E-state index < -0.39 is 17.7 Å². The Morgan fingerprint density at radius 1 is 1.29 bits per heavy atom.